The van der Waals surface area contributed by atoms with Crippen molar-refractivity contribution < 1.29 is 14.5 Å². The minimum absolute atomic E-state index is 0.0393. The molecule has 1 aromatic heterocycles. The minimum Gasteiger partial charge on any atom is -0.465 e. The standard InChI is InChI=1S/C15H16ClN3O4S/c1-8-9(2)24-14(18-8)4-5-17-12-7-11(16)10(15(20)23-3)6-13(12)19(21)22/h6-7,17H,4-5H2,1-3H3. The first-order chi connectivity index (χ1) is 11.3. The Labute approximate surface area is 147 Å². The van der Waals surface area contributed by atoms with Gasteiger partial charge in [0.25, 0.3) is 5.69 Å². The molecule has 0 aliphatic carbocycles. The summed E-state index contributed by atoms with van der Waals surface area (Å²) in [5.41, 5.74) is 0.975. The number of carbonyl (C=O) groups is 1. The number of aryl methyl sites for hydroxylation is 2. The molecular formula is C15H16ClN3O4S. The molecular weight excluding hydrogens is 354 g/mol. The largest absolute Gasteiger partial charge is 0.465 e. The molecule has 1 aromatic carbocycles. The van der Waals surface area contributed by atoms with Gasteiger partial charge in [0.1, 0.15) is 5.69 Å². The maximum Gasteiger partial charge on any atom is 0.339 e. The molecule has 0 aliphatic rings. The van der Waals surface area contributed by atoms with Gasteiger partial charge in [-0.3, -0.25) is 10.1 Å². The lowest BCUT2D eigenvalue weighted by atomic mass is 10.1. The van der Waals surface area contributed by atoms with Crippen LogP contribution in [0.3, 0.4) is 0 Å². The fourth-order valence-corrected chi connectivity index (χ4v) is 3.25. The van der Waals surface area contributed by atoms with Crippen LogP contribution < -0.4 is 5.32 Å². The molecule has 0 amide bonds. The van der Waals surface area contributed by atoms with E-state index in [2.05, 4.69) is 15.0 Å². The number of hydrogen-bond acceptors (Lipinski definition) is 7. The summed E-state index contributed by atoms with van der Waals surface area (Å²) in [5.74, 6) is -0.719. The monoisotopic (exact) mass is 369 g/mol. The van der Waals surface area contributed by atoms with Crippen molar-refractivity contribution in [2.75, 3.05) is 19.0 Å². The number of esters is 1. The van der Waals surface area contributed by atoms with Gasteiger partial charge in [0, 0.05) is 23.9 Å². The maximum atomic E-state index is 11.6. The van der Waals surface area contributed by atoms with E-state index in [4.69, 9.17) is 11.6 Å². The second-order valence-electron chi connectivity index (χ2n) is 5.02. The SMILES string of the molecule is COC(=O)c1cc([N+](=O)[O-])c(NCCc2nc(C)c(C)s2)cc1Cl. The molecule has 0 atom stereocenters. The smallest absolute Gasteiger partial charge is 0.339 e. The van der Waals surface area contributed by atoms with Crippen molar-refractivity contribution in [3.05, 3.63) is 48.4 Å². The van der Waals surface area contributed by atoms with Gasteiger partial charge in [0.15, 0.2) is 0 Å². The van der Waals surface area contributed by atoms with Crippen LogP contribution in [0.2, 0.25) is 5.02 Å². The van der Waals surface area contributed by atoms with Gasteiger partial charge in [-0.15, -0.1) is 11.3 Å². The van der Waals surface area contributed by atoms with E-state index in [-0.39, 0.29) is 22.0 Å². The third-order valence-corrected chi connectivity index (χ3v) is 4.86. The summed E-state index contributed by atoms with van der Waals surface area (Å²) in [6.45, 7) is 4.40. The maximum absolute atomic E-state index is 11.6. The van der Waals surface area contributed by atoms with Crippen LogP contribution in [0.5, 0.6) is 0 Å². The van der Waals surface area contributed by atoms with Crippen molar-refractivity contribution in [3.63, 3.8) is 0 Å². The fourth-order valence-electron chi connectivity index (χ4n) is 2.07. The van der Waals surface area contributed by atoms with Crippen molar-refractivity contribution in [1.29, 1.82) is 0 Å². The zero-order valence-corrected chi connectivity index (χ0v) is 15.0. The van der Waals surface area contributed by atoms with E-state index in [1.165, 1.54) is 13.2 Å². The predicted octanol–water partition coefficient (Wildman–Crippen LogP) is 3.76. The number of nitro groups is 1. The summed E-state index contributed by atoms with van der Waals surface area (Å²) < 4.78 is 4.57. The Balaban J connectivity index is 2.18. The molecule has 9 heteroatoms. The molecule has 0 saturated heterocycles. The number of hydrogen-bond donors (Lipinski definition) is 1. The van der Waals surface area contributed by atoms with Crippen LogP contribution >= 0.6 is 22.9 Å². The van der Waals surface area contributed by atoms with Gasteiger partial charge >= 0.3 is 5.97 Å². The Morgan fingerprint density at radius 3 is 2.71 bits per heavy atom. The molecule has 1 N–H and O–H groups in total. The molecule has 0 bridgehead atoms. The van der Waals surface area contributed by atoms with Crippen molar-refractivity contribution >= 4 is 40.3 Å². The van der Waals surface area contributed by atoms with Crippen LogP contribution in [0.4, 0.5) is 11.4 Å². The number of aromatic nitrogens is 1. The molecule has 0 radical (unpaired) electrons. The molecule has 24 heavy (non-hydrogen) atoms. The van der Waals surface area contributed by atoms with Gasteiger partial charge < -0.3 is 10.1 Å². The molecule has 0 unspecified atom stereocenters. The van der Waals surface area contributed by atoms with Crippen LogP contribution in [0.1, 0.15) is 25.9 Å². The van der Waals surface area contributed by atoms with Crippen molar-refractivity contribution in [2.24, 2.45) is 0 Å². The Bertz CT molecular complexity index is 772. The molecule has 2 aromatic rings. The average Bonchev–Trinajstić information content (AvgIpc) is 2.84. The lowest BCUT2D eigenvalue weighted by Crippen LogP contribution is -2.09. The number of anilines is 1. The molecule has 128 valence electrons. The zero-order valence-electron chi connectivity index (χ0n) is 13.4. The van der Waals surface area contributed by atoms with Crippen molar-refractivity contribution in [3.8, 4) is 0 Å². The summed E-state index contributed by atoms with van der Waals surface area (Å²) >= 11 is 7.63. The molecule has 0 saturated carbocycles. The summed E-state index contributed by atoms with van der Waals surface area (Å²) in [4.78, 5) is 27.8. The van der Waals surface area contributed by atoms with Gasteiger partial charge in [0.2, 0.25) is 0 Å². The van der Waals surface area contributed by atoms with E-state index in [1.54, 1.807) is 11.3 Å². The van der Waals surface area contributed by atoms with Crippen LogP contribution in [-0.2, 0) is 11.2 Å². The van der Waals surface area contributed by atoms with Gasteiger partial charge in [-0.2, -0.15) is 0 Å². The Morgan fingerprint density at radius 2 is 2.17 bits per heavy atom. The van der Waals surface area contributed by atoms with E-state index in [1.807, 2.05) is 13.8 Å². The molecule has 2 rings (SSSR count). The zero-order chi connectivity index (χ0) is 17.9. The Morgan fingerprint density at radius 1 is 1.46 bits per heavy atom. The van der Waals surface area contributed by atoms with Gasteiger partial charge in [-0.25, -0.2) is 9.78 Å². The van der Waals surface area contributed by atoms with Gasteiger partial charge in [0.05, 0.1) is 33.3 Å². The normalized spacial score (nSPS) is 10.5. The third kappa shape index (κ3) is 4.01. The number of rotatable bonds is 6. The number of nitrogens with one attached hydrogen (secondary N) is 1. The van der Waals surface area contributed by atoms with Crippen LogP contribution in [0, 0.1) is 24.0 Å². The number of thiazole rings is 1. The quantitative estimate of drug-likeness (QED) is 0.473. The van der Waals surface area contributed by atoms with Gasteiger partial charge in [-0.1, -0.05) is 11.6 Å². The molecule has 0 aliphatic heterocycles. The van der Waals surface area contributed by atoms with E-state index in [0.717, 1.165) is 21.6 Å². The lowest BCUT2D eigenvalue weighted by molar-refractivity contribution is -0.384. The molecule has 7 nitrogen and oxygen atoms in total. The molecule has 1 heterocycles. The third-order valence-electron chi connectivity index (χ3n) is 3.41. The Kier molecular flexibility index (Phi) is 5.74. The summed E-state index contributed by atoms with van der Waals surface area (Å²) in [6, 6.07) is 2.48. The van der Waals surface area contributed by atoms with Crippen molar-refractivity contribution in [2.45, 2.75) is 20.3 Å². The fraction of sp³-hybridized carbons (Fsp3) is 0.333. The number of benzene rings is 1. The number of nitro benzene ring substituents is 1. The number of nitrogens with zero attached hydrogens (tertiary/aromatic N) is 2. The highest BCUT2D eigenvalue weighted by atomic mass is 35.5. The highest BCUT2D eigenvalue weighted by molar-refractivity contribution is 7.11. The van der Waals surface area contributed by atoms with Crippen LogP contribution in [0.25, 0.3) is 0 Å². The van der Waals surface area contributed by atoms with Crippen LogP contribution in [-0.4, -0.2) is 29.5 Å². The van der Waals surface area contributed by atoms with E-state index < -0.39 is 10.9 Å². The number of carbonyl (C=O) groups excluding carboxylic acids is 1. The molecule has 0 fully saturated rings. The second kappa shape index (κ2) is 7.59. The first-order valence-corrected chi connectivity index (χ1v) is 8.26. The molecule has 0 spiro atoms. The first-order valence-electron chi connectivity index (χ1n) is 7.06. The van der Waals surface area contributed by atoms with Gasteiger partial charge in [-0.05, 0) is 19.9 Å². The van der Waals surface area contributed by atoms with E-state index >= 15 is 0 Å². The summed E-state index contributed by atoms with van der Waals surface area (Å²) in [6.07, 6.45) is 0.632. The number of methoxy groups -OCH3 is 1. The topological polar surface area (TPSA) is 94.4 Å². The minimum atomic E-state index is -0.719. The van der Waals surface area contributed by atoms with Crippen LogP contribution in [0.15, 0.2) is 12.1 Å². The second-order valence-corrected chi connectivity index (χ2v) is 6.72. The first kappa shape index (κ1) is 18.2. The highest BCUT2D eigenvalue weighted by Crippen LogP contribution is 2.31. The van der Waals surface area contributed by atoms with E-state index in [9.17, 15) is 14.9 Å². The summed E-state index contributed by atoms with van der Waals surface area (Å²) in [7, 11) is 1.19. The Hall–Kier alpha value is -2.19. The number of ether oxygens (including phenoxy) is 1. The lowest BCUT2D eigenvalue weighted by Gasteiger charge is -2.09. The highest BCUT2D eigenvalue weighted by Gasteiger charge is 2.21. The predicted molar refractivity (Wildman–Crippen MR) is 93.2 cm³/mol. The number of halogens is 1. The van der Waals surface area contributed by atoms with Crippen molar-refractivity contribution in [1.82, 2.24) is 4.98 Å². The summed E-state index contributed by atoms with van der Waals surface area (Å²) in [5, 5.41) is 15.3. The average molecular weight is 370 g/mol. The van der Waals surface area contributed by atoms with E-state index in [0.29, 0.717) is 13.0 Å².